The molecular weight excluding hydrogens is 427 g/mol. The third-order valence-electron chi connectivity index (χ3n) is 5.81. The number of benzene rings is 3. The van der Waals surface area contributed by atoms with Gasteiger partial charge in [0.05, 0.1) is 0 Å². The Balaban J connectivity index is 1.88. The average Bonchev–Trinajstić information content (AvgIpc) is 2.87. The molecule has 0 spiro atoms. The molecule has 5 heteroatoms. The predicted molar refractivity (Wildman–Crippen MR) is 133 cm³/mol. The fourth-order valence-corrected chi connectivity index (χ4v) is 3.94. The summed E-state index contributed by atoms with van der Waals surface area (Å²) in [6.07, 6.45) is 3.85. The Morgan fingerprint density at radius 2 is 1.50 bits per heavy atom. The quantitative estimate of drug-likeness (QED) is 0.346. The molecule has 3 aromatic rings. The molecule has 0 saturated carbocycles. The van der Waals surface area contributed by atoms with Crippen molar-refractivity contribution in [1.29, 1.82) is 0 Å². The first-order valence-electron chi connectivity index (χ1n) is 12.0. The van der Waals surface area contributed by atoms with E-state index >= 15 is 0 Å². The second-order valence-electron chi connectivity index (χ2n) is 8.45. The van der Waals surface area contributed by atoms with Crippen LogP contribution in [0.3, 0.4) is 0 Å². The van der Waals surface area contributed by atoms with Crippen LogP contribution in [0.4, 0.5) is 4.39 Å². The van der Waals surface area contributed by atoms with Crippen molar-refractivity contribution >= 4 is 11.8 Å². The van der Waals surface area contributed by atoms with Gasteiger partial charge in [-0.1, -0.05) is 92.6 Å². The van der Waals surface area contributed by atoms with Gasteiger partial charge in [-0.25, -0.2) is 4.39 Å². The van der Waals surface area contributed by atoms with E-state index in [-0.39, 0.29) is 30.6 Å². The summed E-state index contributed by atoms with van der Waals surface area (Å²) in [4.78, 5) is 28.6. The van der Waals surface area contributed by atoms with Gasteiger partial charge in [0.1, 0.15) is 11.9 Å². The zero-order chi connectivity index (χ0) is 24.2. The number of nitrogens with one attached hydrogen (secondary N) is 1. The number of unbranched alkanes of at least 4 members (excludes halogenated alkanes) is 2. The van der Waals surface area contributed by atoms with E-state index in [1.54, 1.807) is 17.0 Å². The molecule has 1 N–H and O–H groups in total. The van der Waals surface area contributed by atoms with Crippen LogP contribution in [0.25, 0.3) is 0 Å². The number of hydrogen-bond donors (Lipinski definition) is 1. The van der Waals surface area contributed by atoms with Crippen molar-refractivity contribution in [2.45, 2.75) is 51.6 Å². The molecule has 3 rings (SSSR count). The number of amides is 2. The van der Waals surface area contributed by atoms with Crippen molar-refractivity contribution in [2.75, 3.05) is 6.54 Å². The fourth-order valence-electron chi connectivity index (χ4n) is 3.94. The van der Waals surface area contributed by atoms with E-state index in [4.69, 9.17) is 0 Å². The molecule has 4 nitrogen and oxygen atoms in total. The number of aryl methyl sites for hydroxylation is 1. The summed E-state index contributed by atoms with van der Waals surface area (Å²) in [5.74, 6) is -0.651. The summed E-state index contributed by atoms with van der Waals surface area (Å²) in [6, 6.07) is 24.5. The van der Waals surface area contributed by atoms with E-state index < -0.39 is 6.04 Å². The summed E-state index contributed by atoms with van der Waals surface area (Å²) in [5.41, 5.74) is 2.60. The number of carbonyl (C=O) groups excluding carboxylic acids is 2. The largest absolute Gasteiger partial charge is 0.354 e. The van der Waals surface area contributed by atoms with Crippen molar-refractivity contribution < 1.29 is 14.0 Å². The van der Waals surface area contributed by atoms with Crippen LogP contribution in [0.2, 0.25) is 0 Å². The first kappa shape index (κ1) is 25.2. The molecule has 0 unspecified atom stereocenters. The summed E-state index contributed by atoms with van der Waals surface area (Å²) < 4.78 is 13.5. The molecule has 34 heavy (non-hydrogen) atoms. The van der Waals surface area contributed by atoms with Gasteiger partial charge >= 0.3 is 0 Å². The second-order valence-corrected chi connectivity index (χ2v) is 8.45. The highest BCUT2D eigenvalue weighted by molar-refractivity contribution is 5.88. The number of rotatable bonds is 12. The molecule has 0 radical (unpaired) electrons. The maximum atomic E-state index is 13.6. The van der Waals surface area contributed by atoms with Gasteiger partial charge in [-0.3, -0.25) is 9.59 Å². The number of hydrogen-bond acceptors (Lipinski definition) is 2. The Kier molecular flexibility index (Phi) is 9.83. The van der Waals surface area contributed by atoms with Gasteiger partial charge < -0.3 is 10.2 Å². The number of carbonyl (C=O) groups is 2. The van der Waals surface area contributed by atoms with Crippen LogP contribution < -0.4 is 5.32 Å². The molecule has 0 aliphatic carbocycles. The van der Waals surface area contributed by atoms with E-state index in [0.29, 0.717) is 13.0 Å². The molecule has 2 amide bonds. The van der Waals surface area contributed by atoms with E-state index in [0.717, 1.165) is 36.0 Å². The monoisotopic (exact) mass is 460 g/mol. The molecule has 0 aromatic heterocycles. The molecule has 0 fully saturated rings. The zero-order valence-corrected chi connectivity index (χ0v) is 19.8. The third kappa shape index (κ3) is 7.55. The molecule has 0 bridgehead atoms. The molecule has 0 saturated heterocycles. The van der Waals surface area contributed by atoms with Crippen molar-refractivity contribution in [3.63, 3.8) is 0 Å². The summed E-state index contributed by atoms with van der Waals surface area (Å²) in [6.45, 7) is 2.90. The Morgan fingerprint density at radius 1 is 0.853 bits per heavy atom. The SMILES string of the molecule is CCCCCNC(=O)[C@@H](c1ccccc1)N(Cc1ccc(F)cc1)C(=O)CCc1ccccc1. The summed E-state index contributed by atoms with van der Waals surface area (Å²) >= 11 is 0. The van der Waals surface area contributed by atoms with Gasteiger partial charge in [0.25, 0.3) is 0 Å². The first-order valence-corrected chi connectivity index (χ1v) is 12.0. The van der Waals surface area contributed by atoms with Crippen LogP contribution in [-0.2, 0) is 22.6 Å². The third-order valence-corrected chi connectivity index (χ3v) is 5.81. The topological polar surface area (TPSA) is 49.4 Å². The number of nitrogens with zero attached hydrogens (tertiary/aromatic N) is 1. The molecule has 0 aliphatic heterocycles. The first-order chi connectivity index (χ1) is 16.6. The van der Waals surface area contributed by atoms with Gasteiger partial charge in [0, 0.05) is 19.5 Å². The van der Waals surface area contributed by atoms with Gasteiger partial charge in [0.2, 0.25) is 11.8 Å². The minimum atomic E-state index is -0.767. The second kappa shape index (κ2) is 13.3. The molecule has 178 valence electrons. The summed E-state index contributed by atoms with van der Waals surface area (Å²) in [7, 11) is 0. The predicted octanol–water partition coefficient (Wildman–Crippen LogP) is 5.83. The van der Waals surface area contributed by atoms with E-state index in [2.05, 4.69) is 12.2 Å². The van der Waals surface area contributed by atoms with E-state index in [1.807, 2.05) is 60.7 Å². The Morgan fingerprint density at radius 3 is 2.15 bits per heavy atom. The van der Waals surface area contributed by atoms with Gasteiger partial charge in [0.15, 0.2) is 0 Å². The number of halogens is 1. The van der Waals surface area contributed by atoms with Crippen molar-refractivity contribution in [3.8, 4) is 0 Å². The Bertz CT molecular complexity index is 1020. The lowest BCUT2D eigenvalue weighted by Crippen LogP contribution is -2.43. The molecular formula is C29H33FN2O2. The van der Waals surface area contributed by atoms with Crippen molar-refractivity contribution in [1.82, 2.24) is 10.2 Å². The zero-order valence-electron chi connectivity index (χ0n) is 19.8. The van der Waals surface area contributed by atoms with Crippen LogP contribution in [0.5, 0.6) is 0 Å². The highest BCUT2D eigenvalue weighted by atomic mass is 19.1. The Labute approximate surface area is 201 Å². The lowest BCUT2D eigenvalue weighted by Gasteiger charge is -2.32. The smallest absolute Gasteiger partial charge is 0.247 e. The minimum absolute atomic E-state index is 0.120. The molecule has 1 atom stereocenters. The van der Waals surface area contributed by atoms with Crippen LogP contribution >= 0.6 is 0 Å². The molecule has 0 aliphatic rings. The minimum Gasteiger partial charge on any atom is -0.354 e. The standard InChI is InChI=1S/C29H33FN2O2/c1-2-3-10-21-31-29(34)28(25-13-8-5-9-14-25)32(22-24-15-18-26(30)19-16-24)27(33)20-17-23-11-6-4-7-12-23/h4-9,11-16,18-19,28H,2-3,10,17,20-22H2,1H3,(H,31,34)/t28-/m1/s1. The molecule has 3 aromatic carbocycles. The maximum absolute atomic E-state index is 13.6. The summed E-state index contributed by atoms with van der Waals surface area (Å²) in [5, 5.41) is 3.03. The van der Waals surface area contributed by atoms with Crippen LogP contribution in [0.1, 0.15) is 55.3 Å². The van der Waals surface area contributed by atoms with Gasteiger partial charge in [-0.15, -0.1) is 0 Å². The van der Waals surface area contributed by atoms with Crippen LogP contribution in [-0.4, -0.2) is 23.3 Å². The normalized spacial score (nSPS) is 11.6. The lowest BCUT2D eigenvalue weighted by molar-refractivity contribution is -0.141. The Hall–Kier alpha value is -3.47. The average molecular weight is 461 g/mol. The van der Waals surface area contributed by atoms with Gasteiger partial charge in [-0.05, 0) is 41.7 Å². The van der Waals surface area contributed by atoms with Crippen LogP contribution in [0.15, 0.2) is 84.9 Å². The fraction of sp³-hybridized carbons (Fsp3) is 0.310. The van der Waals surface area contributed by atoms with Crippen LogP contribution in [0, 0.1) is 5.82 Å². The van der Waals surface area contributed by atoms with E-state index in [1.165, 1.54) is 12.1 Å². The van der Waals surface area contributed by atoms with Crippen molar-refractivity contribution in [2.24, 2.45) is 0 Å². The van der Waals surface area contributed by atoms with E-state index in [9.17, 15) is 14.0 Å². The highest BCUT2D eigenvalue weighted by Gasteiger charge is 2.31. The maximum Gasteiger partial charge on any atom is 0.247 e. The van der Waals surface area contributed by atoms with Crippen molar-refractivity contribution in [3.05, 3.63) is 107 Å². The van der Waals surface area contributed by atoms with Gasteiger partial charge in [-0.2, -0.15) is 0 Å². The highest BCUT2D eigenvalue weighted by Crippen LogP contribution is 2.25. The molecule has 0 heterocycles. The lowest BCUT2D eigenvalue weighted by atomic mass is 10.0.